The zero-order valence-electron chi connectivity index (χ0n) is 19.2. The first-order valence-corrected chi connectivity index (χ1v) is 12.0. The van der Waals surface area contributed by atoms with Gasteiger partial charge in [0.05, 0.1) is 23.0 Å². The molecule has 0 saturated heterocycles. The number of aromatic nitrogens is 4. The number of alkyl halides is 3. The Bertz CT molecular complexity index is 1380. The van der Waals surface area contributed by atoms with Crippen LogP contribution in [0.1, 0.15) is 31.9 Å². The third-order valence-electron chi connectivity index (χ3n) is 5.79. The van der Waals surface area contributed by atoms with Crippen LogP contribution in [0.3, 0.4) is 0 Å². The summed E-state index contributed by atoms with van der Waals surface area (Å²) in [4.78, 5) is 24.9. The molecule has 2 N–H and O–H groups in total. The fourth-order valence-electron chi connectivity index (χ4n) is 4.05. The van der Waals surface area contributed by atoms with Crippen molar-refractivity contribution in [2.24, 2.45) is 7.05 Å². The van der Waals surface area contributed by atoms with Crippen molar-refractivity contribution in [3.8, 4) is 0 Å². The molecular weight excluding hydrogens is 491 g/mol. The van der Waals surface area contributed by atoms with Crippen LogP contribution in [0.4, 0.5) is 30.5 Å². The number of nitrogens with zero attached hydrogens (tertiary/aromatic N) is 5. The van der Waals surface area contributed by atoms with Gasteiger partial charge < -0.3 is 10.6 Å². The van der Waals surface area contributed by atoms with E-state index in [9.17, 15) is 18.0 Å². The lowest BCUT2D eigenvalue weighted by Crippen LogP contribution is -2.30. The lowest BCUT2D eigenvalue weighted by molar-refractivity contribution is -0.137. The molecule has 0 aliphatic carbocycles. The summed E-state index contributed by atoms with van der Waals surface area (Å²) in [5, 5.41) is 11.6. The molecule has 0 radical (unpaired) electrons. The predicted molar refractivity (Wildman–Crippen MR) is 130 cm³/mol. The second kappa shape index (κ2) is 9.70. The third-order valence-corrected chi connectivity index (χ3v) is 6.80. The number of halogens is 3. The maximum Gasteiger partial charge on any atom is 0.416 e. The number of rotatable bonds is 6. The SMILES string of the molecule is Cn1cc(Nc2ncc(CN3CCc4c(C(=O)Nc5cccc(C(F)(F)F)c5)csc4C3)cn2)cn1. The van der Waals surface area contributed by atoms with Crippen LogP contribution in [-0.4, -0.2) is 37.1 Å². The fraction of sp³-hybridized carbons (Fsp3) is 0.250. The van der Waals surface area contributed by atoms with Crippen molar-refractivity contribution < 1.29 is 18.0 Å². The molecule has 186 valence electrons. The van der Waals surface area contributed by atoms with Gasteiger partial charge in [-0.3, -0.25) is 14.4 Å². The molecule has 1 aromatic carbocycles. The largest absolute Gasteiger partial charge is 0.416 e. The van der Waals surface area contributed by atoms with E-state index in [1.807, 2.05) is 13.2 Å². The van der Waals surface area contributed by atoms with E-state index in [-0.39, 0.29) is 5.69 Å². The number of thiophene rings is 1. The molecule has 0 spiro atoms. The van der Waals surface area contributed by atoms with Gasteiger partial charge in [-0.25, -0.2) is 9.97 Å². The van der Waals surface area contributed by atoms with Crippen molar-refractivity contribution >= 4 is 34.6 Å². The van der Waals surface area contributed by atoms with E-state index in [1.165, 1.54) is 23.5 Å². The van der Waals surface area contributed by atoms with Crippen molar-refractivity contribution in [1.29, 1.82) is 0 Å². The van der Waals surface area contributed by atoms with Crippen LogP contribution in [0.25, 0.3) is 0 Å². The minimum absolute atomic E-state index is 0.119. The van der Waals surface area contributed by atoms with Crippen LogP contribution in [0, 0.1) is 0 Å². The van der Waals surface area contributed by atoms with Gasteiger partial charge in [0.2, 0.25) is 5.95 Å². The first kappa shape index (κ1) is 23.9. The maximum absolute atomic E-state index is 13.0. The Kier molecular flexibility index (Phi) is 6.46. The van der Waals surface area contributed by atoms with E-state index in [0.29, 0.717) is 31.0 Å². The molecule has 3 aromatic heterocycles. The molecule has 8 nitrogen and oxygen atoms in total. The monoisotopic (exact) mass is 513 g/mol. The summed E-state index contributed by atoms with van der Waals surface area (Å²) in [6, 6.07) is 4.66. The van der Waals surface area contributed by atoms with E-state index in [4.69, 9.17) is 0 Å². The Morgan fingerprint density at radius 2 is 1.97 bits per heavy atom. The van der Waals surface area contributed by atoms with Gasteiger partial charge in [0, 0.05) is 66.8 Å². The maximum atomic E-state index is 13.0. The number of benzene rings is 1. The molecule has 12 heteroatoms. The summed E-state index contributed by atoms with van der Waals surface area (Å²) in [6.07, 6.45) is 3.29. The molecule has 5 rings (SSSR count). The highest BCUT2D eigenvalue weighted by molar-refractivity contribution is 7.10. The summed E-state index contributed by atoms with van der Waals surface area (Å²) in [5.74, 6) is 0.0905. The van der Waals surface area contributed by atoms with Gasteiger partial charge >= 0.3 is 6.18 Å². The van der Waals surface area contributed by atoms with Crippen LogP contribution in [0.2, 0.25) is 0 Å². The average molecular weight is 514 g/mol. The first-order chi connectivity index (χ1) is 17.2. The Morgan fingerprint density at radius 3 is 2.69 bits per heavy atom. The number of carbonyl (C=O) groups is 1. The van der Waals surface area contributed by atoms with Crippen LogP contribution < -0.4 is 10.6 Å². The normalized spacial score (nSPS) is 13.9. The minimum atomic E-state index is -4.47. The highest BCUT2D eigenvalue weighted by atomic mass is 32.1. The molecule has 36 heavy (non-hydrogen) atoms. The topological polar surface area (TPSA) is 88.0 Å². The van der Waals surface area contributed by atoms with Gasteiger partial charge in [0.25, 0.3) is 5.91 Å². The van der Waals surface area contributed by atoms with E-state index < -0.39 is 17.6 Å². The van der Waals surface area contributed by atoms with E-state index in [1.54, 1.807) is 28.7 Å². The Morgan fingerprint density at radius 1 is 1.17 bits per heavy atom. The summed E-state index contributed by atoms with van der Waals surface area (Å²) >= 11 is 1.49. The van der Waals surface area contributed by atoms with Crippen LogP contribution in [0.5, 0.6) is 0 Å². The number of anilines is 3. The Labute approximate surface area is 208 Å². The molecule has 1 amide bonds. The summed E-state index contributed by atoms with van der Waals surface area (Å²) in [7, 11) is 1.83. The van der Waals surface area contributed by atoms with Crippen LogP contribution in [-0.2, 0) is 32.7 Å². The Balaban J connectivity index is 1.20. The van der Waals surface area contributed by atoms with E-state index >= 15 is 0 Å². The number of hydrogen-bond acceptors (Lipinski definition) is 7. The van der Waals surface area contributed by atoms with Crippen molar-refractivity contribution in [3.63, 3.8) is 0 Å². The second-order valence-corrected chi connectivity index (χ2v) is 9.45. The first-order valence-electron chi connectivity index (χ1n) is 11.1. The molecule has 4 heterocycles. The lowest BCUT2D eigenvalue weighted by Gasteiger charge is -2.27. The van der Waals surface area contributed by atoms with E-state index in [2.05, 4.69) is 30.6 Å². The molecule has 0 fully saturated rings. The predicted octanol–water partition coefficient (Wildman–Crippen LogP) is 4.84. The van der Waals surface area contributed by atoms with Gasteiger partial charge in [0.1, 0.15) is 0 Å². The number of amides is 1. The molecular formula is C24H22F3N7OS. The van der Waals surface area contributed by atoms with Crippen LogP contribution >= 0.6 is 11.3 Å². The number of aryl methyl sites for hydroxylation is 1. The fourth-order valence-corrected chi connectivity index (χ4v) is 5.17. The van der Waals surface area contributed by atoms with Crippen molar-refractivity contribution in [3.05, 3.63) is 81.6 Å². The van der Waals surface area contributed by atoms with Crippen molar-refractivity contribution in [2.45, 2.75) is 25.7 Å². The average Bonchev–Trinajstić information content (AvgIpc) is 3.45. The molecule has 0 bridgehead atoms. The number of nitrogens with one attached hydrogen (secondary N) is 2. The van der Waals surface area contributed by atoms with Gasteiger partial charge in [-0.15, -0.1) is 11.3 Å². The standard InChI is InChI=1S/C24H22F3N7OS/c1-33-12-18(10-30-33)32-23-28-8-15(9-29-23)11-34-6-5-19-20(14-36-21(19)13-34)22(35)31-17-4-2-3-16(7-17)24(25,26)27/h2-4,7-10,12,14H,5-6,11,13H2,1H3,(H,31,35)(H,28,29,32). The quantitative estimate of drug-likeness (QED) is 0.384. The van der Waals surface area contributed by atoms with Gasteiger partial charge in [-0.2, -0.15) is 18.3 Å². The number of fused-ring (bicyclic) bond motifs is 1. The molecule has 0 atom stereocenters. The second-order valence-electron chi connectivity index (χ2n) is 8.49. The molecule has 1 aliphatic rings. The Hall–Kier alpha value is -3.77. The number of carbonyl (C=O) groups excluding carboxylic acids is 1. The minimum Gasteiger partial charge on any atom is -0.322 e. The molecule has 0 saturated carbocycles. The van der Waals surface area contributed by atoms with Crippen molar-refractivity contribution in [2.75, 3.05) is 17.2 Å². The summed E-state index contributed by atoms with van der Waals surface area (Å²) < 4.78 is 40.6. The highest BCUT2D eigenvalue weighted by Crippen LogP contribution is 2.32. The van der Waals surface area contributed by atoms with Gasteiger partial charge in [0.15, 0.2) is 0 Å². The zero-order chi connectivity index (χ0) is 25.3. The van der Waals surface area contributed by atoms with Gasteiger partial charge in [-0.1, -0.05) is 6.07 Å². The zero-order valence-corrected chi connectivity index (χ0v) is 20.0. The smallest absolute Gasteiger partial charge is 0.322 e. The molecule has 1 aliphatic heterocycles. The lowest BCUT2D eigenvalue weighted by atomic mass is 10.0. The summed E-state index contributed by atoms with van der Waals surface area (Å²) in [5.41, 5.74) is 2.56. The van der Waals surface area contributed by atoms with E-state index in [0.717, 1.165) is 40.4 Å². The third kappa shape index (κ3) is 5.39. The van der Waals surface area contributed by atoms with Crippen LogP contribution in [0.15, 0.2) is 54.4 Å². The molecule has 4 aromatic rings. The van der Waals surface area contributed by atoms with Crippen molar-refractivity contribution in [1.82, 2.24) is 24.6 Å². The highest BCUT2D eigenvalue weighted by Gasteiger charge is 2.31. The van der Waals surface area contributed by atoms with Gasteiger partial charge in [-0.05, 0) is 30.2 Å². The summed E-state index contributed by atoms with van der Waals surface area (Å²) in [6.45, 7) is 2.08. The molecule has 0 unspecified atom stereocenters. The number of hydrogen-bond donors (Lipinski definition) is 2.